The molecule has 0 radical (unpaired) electrons. The highest BCUT2D eigenvalue weighted by Crippen LogP contribution is 2.13. The van der Waals surface area contributed by atoms with Crippen molar-refractivity contribution in [2.75, 3.05) is 6.54 Å². The summed E-state index contributed by atoms with van der Waals surface area (Å²) in [4.78, 5) is 11.5. The predicted molar refractivity (Wildman–Crippen MR) is 63.9 cm³/mol. The van der Waals surface area contributed by atoms with Crippen LogP contribution in [-0.2, 0) is 4.79 Å². The molecule has 86 valence electrons. The monoisotopic (exact) mass is 209 g/mol. The Balaban J connectivity index is 2.02. The van der Waals surface area contributed by atoms with Gasteiger partial charge in [0.05, 0.1) is 0 Å². The van der Waals surface area contributed by atoms with Crippen molar-refractivity contribution >= 4 is 5.78 Å². The van der Waals surface area contributed by atoms with Gasteiger partial charge in [0.15, 0.2) is 0 Å². The zero-order chi connectivity index (χ0) is 10.9. The Kier molecular flexibility index (Phi) is 6.33. The molecule has 0 bridgehead atoms. The first-order valence-electron chi connectivity index (χ1n) is 6.19. The maximum absolute atomic E-state index is 11.5. The van der Waals surface area contributed by atoms with E-state index in [1.165, 1.54) is 19.3 Å². The molecule has 0 aromatic heterocycles. The fraction of sp³-hybridized carbons (Fsp3) is 0.769. The van der Waals surface area contributed by atoms with Crippen LogP contribution in [0.4, 0.5) is 0 Å². The summed E-state index contributed by atoms with van der Waals surface area (Å²) < 4.78 is 0. The Morgan fingerprint density at radius 1 is 1.40 bits per heavy atom. The van der Waals surface area contributed by atoms with Gasteiger partial charge < -0.3 is 5.32 Å². The molecule has 2 nitrogen and oxygen atoms in total. The highest BCUT2D eigenvalue weighted by atomic mass is 16.1. The number of rotatable bonds is 7. The smallest absolute Gasteiger partial charge is 0.132 e. The van der Waals surface area contributed by atoms with Gasteiger partial charge in [0.2, 0.25) is 0 Å². The van der Waals surface area contributed by atoms with Crippen molar-refractivity contribution in [2.45, 2.75) is 57.4 Å². The SMILES string of the molecule is C=CCCCC(=O)CCC1CCCCN1. The van der Waals surface area contributed by atoms with Crippen LogP contribution in [0.1, 0.15) is 51.4 Å². The van der Waals surface area contributed by atoms with Crippen molar-refractivity contribution in [1.29, 1.82) is 0 Å². The molecule has 0 aromatic carbocycles. The lowest BCUT2D eigenvalue weighted by atomic mass is 9.98. The normalized spacial score (nSPS) is 21.2. The number of hydrogen-bond acceptors (Lipinski definition) is 2. The summed E-state index contributed by atoms with van der Waals surface area (Å²) in [6.45, 7) is 4.79. The summed E-state index contributed by atoms with van der Waals surface area (Å²) in [5.41, 5.74) is 0. The van der Waals surface area contributed by atoms with Crippen molar-refractivity contribution in [3.8, 4) is 0 Å². The van der Waals surface area contributed by atoms with E-state index in [9.17, 15) is 4.79 Å². The molecule has 1 aliphatic heterocycles. The molecular weight excluding hydrogens is 186 g/mol. The first kappa shape index (κ1) is 12.4. The van der Waals surface area contributed by atoms with Gasteiger partial charge in [-0.05, 0) is 38.6 Å². The lowest BCUT2D eigenvalue weighted by Gasteiger charge is -2.22. The minimum Gasteiger partial charge on any atom is -0.314 e. The van der Waals surface area contributed by atoms with Crippen molar-refractivity contribution in [2.24, 2.45) is 0 Å². The Morgan fingerprint density at radius 2 is 2.27 bits per heavy atom. The summed E-state index contributed by atoms with van der Waals surface area (Å²) in [5, 5.41) is 3.47. The van der Waals surface area contributed by atoms with E-state index in [1.807, 2.05) is 6.08 Å². The van der Waals surface area contributed by atoms with Crippen molar-refractivity contribution in [3.05, 3.63) is 12.7 Å². The number of allylic oxidation sites excluding steroid dienone is 1. The lowest BCUT2D eigenvalue weighted by Crippen LogP contribution is -2.34. The fourth-order valence-corrected chi connectivity index (χ4v) is 2.07. The highest BCUT2D eigenvalue weighted by molar-refractivity contribution is 5.78. The molecule has 0 saturated carbocycles. The van der Waals surface area contributed by atoms with Crippen LogP contribution in [0.5, 0.6) is 0 Å². The van der Waals surface area contributed by atoms with Gasteiger partial charge in [-0.2, -0.15) is 0 Å². The molecule has 15 heavy (non-hydrogen) atoms. The third kappa shape index (κ3) is 5.73. The van der Waals surface area contributed by atoms with Gasteiger partial charge >= 0.3 is 0 Å². The molecule has 1 N–H and O–H groups in total. The zero-order valence-electron chi connectivity index (χ0n) is 9.63. The number of carbonyl (C=O) groups excluding carboxylic acids is 1. The summed E-state index contributed by atoms with van der Waals surface area (Å²) in [5.74, 6) is 0.421. The average Bonchev–Trinajstić information content (AvgIpc) is 2.28. The van der Waals surface area contributed by atoms with E-state index in [1.54, 1.807) is 0 Å². The summed E-state index contributed by atoms with van der Waals surface area (Å²) in [6, 6.07) is 0.599. The molecule has 0 spiro atoms. The van der Waals surface area contributed by atoms with E-state index >= 15 is 0 Å². The molecule has 2 heteroatoms. The van der Waals surface area contributed by atoms with Crippen molar-refractivity contribution < 1.29 is 4.79 Å². The molecule has 0 amide bonds. The minimum atomic E-state index is 0.421. The van der Waals surface area contributed by atoms with Crippen LogP contribution < -0.4 is 5.32 Å². The second-order valence-electron chi connectivity index (χ2n) is 4.41. The second-order valence-corrected chi connectivity index (χ2v) is 4.41. The van der Waals surface area contributed by atoms with Crippen LogP contribution in [0, 0.1) is 0 Å². The Hall–Kier alpha value is -0.630. The number of hydrogen-bond donors (Lipinski definition) is 1. The fourth-order valence-electron chi connectivity index (χ4n) is 2.07. The van der Waals surface area contributed by atoms with Gasteiger partial charge in [0, 0.05) is 18.9 Å². The largest absolute Gasteiger partial charge is 0.314 e. The number of ketones is 1. The number of unbranched alkanes of at least 4 members (excludes halogenated alkanes) is 1. The molecule has 1 fully saturated rings. The molecule has 1 aliphatic rings. The molecule has 1 saturated heterocycles. The van der Waals surface area contributed by atoms with E-state index in [0.29, 0.717) is 11.8 Å². The van der Waals surface area contributed by atoms with Gasteiger partial charge in [-0.1, -0.05) is 12.5 Å². The maximum Gasteiger partial charge on any atom is 0.132 e. The molecule has 0 aliphatic carbocycles. The summed E-state index contributed by atoms with van der Waals surface area (Å²) in [6.07, 6.45) is 10.2. The number of Topliss-reactive ketones (excluding diaryl/α,β-unsaturated/α-hetero) is 1. The summed E-state index contributed by atoms with van der Waals surface area (Å²) >= 11 is 0. The molecule has 0 aromatic rings. The maximum atomic E-state index is 11.5. The first-order valence-corrected chi connectivity index (χ1v) is 6.19. The van der Waals surface area contributed by atoms with E-state index < -0.39 is 0 Å². The molecule has 1 rings (SSSR count). The van der Waals surface area contributed by atoms with Crippen LogP contribution in [0.2, 0.25) is 0 Å². The van der Waals surface area contributed by atoms with Gasteiger partial charge in [-0.15, -0.1) is 6.58 Å². The van der Waals surface area contributed by atoms with Crippen molar-refractivity contribution in [1.82, 2.24) is 5.32 Å². The quantitative estimate of drug-likeness (QED) is 0.516. The number of piperidine rings is 1. The van der Waals surface area contributed by atoms with Gasteiger partial charge in [-0.3, -0.25) is 4.79 Å². The predicted octanol–water partition coefficient (Wildman–Crippen LogP) is 2.83. The van der Waals surface area contributed by atoms with Crippen LogP contribution in [0.3, 0.4) is 0 Å². The Bertz CT molecular complexity index is 195. The highest BCUT2D eigenvalue weighted by Gasteiger charge is 2.13. The van der Waals surface area contributed by atoms with Gasteiger partial charge in [0.1, 0.15) is 5.78 Å². The van der Waals surface area contributed by atoms with E-state index in [4.69, 9.17) is 0 Å². The standard InChI is InChI=1S/C13H23NO/c1-2-3-4-8-13(15)10-9-12-7-5-6-11-14-12/h2,12,14H,1,3-11H2. The lowest BCUT2D eigenvalue weighted by molar-refractivity contribution is -0.119. The molecular formula is C13H23NO. The van der Waals surface area contributed by atoms with Crippen LogP contribution in [-0.4, -0.2) is 18.4 Å². The second kappa shape index (κ2) is 7.63. The average molecular weight is 209 g/mol. The molecule has 1 unspecified atom stereocenters. The van der Waals surface area contributed by atoms with Gasteiger partial charge in [0.25, 0.3) is 0 Å². The van der Waals surface area contributed by atoms with Crippen LogP contribution in [0.25, 0.3) is 0 Å². The topological polar surface area (TPSA) is 29.1 Å². The third-order valence-electron chi connectivity index (χ3n) is 3.05. The Morgan fingerprint density at radius 3 is 2.93 bits per heavy atom. The first-order chi connectivity index (χ1) is 7.33. The summed E-state index contributed by atoms with van der Waals surface area (Å²) in [7, 11) is 0. The van der Waals surface area contributed by atoms with Crippen LogP contribution in [0.15, 0.2) is 12.7 Å². The number of carbonyl (C=O) groups is 1. The minimum absolute atomic E-state index is 0.421. The zero-order valence-corrected chi connectivity index (χ0v) is 9.63. The van der Waals surface area contributed by atoms with Gasteiger partial charge in [-0.25, -0.2) is 0 Å². The van der Waals surface area contributed by atoms with Crippen molar-refractivity contribution in [3.63, 3.8) is 0 Å². The Labute approximate surface area is 93.1 Å². The number of nitrogens with one attached hydrogen (secondary N) is 1. The van der Waals surface area contributed by atoms with E-state index in [2.05, 4.69) is 11.9 Å². The van der Waals surface area contributed by atoms with E-state index in [-0.39, 0.29) is 0 Å². The van der Waals surface area contributed by atoms with Crippen LogP contribution >= 0.6 is 0 Å². The third-order valence-corrected chi connectivity index (χ3v) is 3.05. The van der Waals surface area contributed by atoms with E-state index in [0.717, 1.165) is 38.6 Å². The molecule has 1 heterocycles. The molecule has 1 atom stereocenters.